The Bertz CT molecular complexity index is 70.0. The second kappa shape index (κ2) is 8.17. The molecule has 0 saturated carbocycles. The first-order chi connectivity index (χ1) is 3.81. The predicted octanol–water partition coefficient (Wildman–Crippen LogP) is 0.242. The first-order valence-corrected chi connectivity index (χ1v) is 2.66. The van der Waals surface area contributed by atoms with Gasteiger partial charge < -0.3 is 4.74 Å². The summed E-state index contributed by atoms with van der Waals surface area (Å²) in [7, 11) is 0. The van der Waals surface area contributed by atoms with Crippen molar-refractivity contribution in [3.05, 3.63) is 0 Å². The van der Waals surface area contributed by atoms with E-state index in [-0.39, 0.29) is 22.4 Å². The monoisotopic (exact) mass is 224 g/mol. The molecule has 0 aromatic carbocycles. The molecule has 0 aromatic heterocycles. The largest absolute Gasteiger partial charge is 0.449 e. The van der Waals surface area contributed by atoms with Gasteiger partial charge in [0.25, 0.3) is 6.47 Å². The zero-order chi connectivity index (χ0) is 6.41. The standard InChI is InChI=1S/C5H11NO2.Ag/c1-2-3-5(6)8-4-7;/h4-5H,2-3,6H2,1H3;. The fourth-order valence-corrected chi connectivity index (χ4v) is 0.424. The summed E-state index contributed by atoms with van der Waals surface area (Å²) in [5, 5.41) is 0. The van der Waals surface area contributed by atoms with Crippen LogP contribution < -0.4 is 5.73 Å². The molecule has 0 aliphatic rings. The Morgan fingerprint density at radius 2 is 2.33 bits per heavy atom. The number of carbonyl (C=O) groups excluding carboxylic acids is 1. The molecule has 0 aliphatic carbocycles. The number of hydrogen-bond acceptors (Lipinski definition) is 3. The van der Waals surface area contributed by atoms with E-state index in [2.05, 4.69) is 4.74 Å². The quantitative estimate of drug-likeness (QED) is 0.423. The molecule has 0 spiro atoms. The van der Waals surface area contributed by atoms with Crippen molar-refractivity contribution < 1.29 is 31.9 Å². The van der Waals surface area contributed by atoms with Crippen LogP contribution in [0.5, 0.6) is 0 Å². The maximum absolute atomic E-state index is 9.59. The number of rotatable bonds is 4. The molecular weight excluding hydrogens is 214 g/mol. The predicted molar refractivity (Wildman–Crippen MR) is 30.0 cm³/mol. The molecule has 0 aromatic rings. The van der Waals surface area contributed by atoms with Crippen molar-refractivity contribution in [3.63, 3.8) is 0 Å². The van der Waals surface area contributed by atoms with E-state index in [0.29, 0.717) is 6.47 Å². The summed E-state index contributed by atoms with van der Waals surface area (Å²) < 4.78 is 4.38. The normalized spacial score (nSPS) is 11.3. The molecule has 0 fully saturated rings. The summed E-state index contributed by atoms with van der Waals surface area (Å²) in [6, 6.07) is 0. The fourth-order valence-electron chi connectivity index (χ4n) is 0.424. The third-order valence-electron chi connectivity index (χ3n) is 0.804. The summed E-state index contributed by atoms with van der Waals surface area (Å²) in [5.41, 5.74) is 5.24. The van der Waals surface area contributed by atoms with Crippen molar-refractivity contribution >= 4 is 6.47 Å². The van der Waals surface area contributed by atoms with E-state index in [1.165, 1.54) is 0 Å². The third kappa shape index (κ3) is 8.17. The van der Waals surface area contributed by atoms with Crippen molar-refractivity contribution in [1.82, 2.24) is 0 Å². The van der Waals surface area contributed by atoms with E-state index in [9.17, 15) is 4.79 Å². The Balaban J connectivity index is 0. The van der Waals surface area contributed by atoms with Gasteiger partial charge in [0.05, 0.1) is 0 Å². The molecule has 0 amide bonds. The van der Waals surface area contributed by atoms with Crippen LogP contribution in [0.4, 0.5) is 0 Å². The maximum atomic E-state index is 9.59. The van der Waals surface area contributed by atoms with Crippen LogP contribution in [0.1, 0.15) is 19.8 Å². The van der Waals surface area contributed by atoms with Gasteiger partial charge in [-0.25, -0.2) is 0 Å². The van der Waals surface area contributed by atoms with Gasteiger partial charge >= 0.3 is 0 Å². The Hall–Kier alpha value is 0.170. The number of nitrogens with two attached hydrogens (primary N) is 1. The molecule has 0 bridgehead atoms. The van der Waals surface area contributed by atoms with Gasteiger partial charge in [0.1, 0.15) is 0 Å². The van der Waals surface area contributed by atoms with Crippen molar-refractivity contribution in [2.24, 2.45) is 5.73 Å². The maximum Gasteiger partial charge on any atom is 0.294 e. The van der Waals surface area contributed by atoms with Gasteiger partial charge in [-0.05, 0) is 6.42 Å². The minimum atomic E-state index is -0.405. The van der Waals surface area contributed by atoms with Crippen molar-refractivity contribution in [1.29, 1.82) is 0 Å². The Morgan fingerprint density at radius 1 is 1.78 bits per heavy atom. The van der Waals surface area contributed by atoms with Gasteiger partial charge in [0.15, 0.2) is 6.23 Å². The molecule has 3 nitrogen and oxygen atoms in total. The molecule has 0 aliphatic heterocycles. The van der Waals surface area contributed by atoms with E-state index >= 15 is 0 Å². The fraction of sp³-hybridized carbons (Fsp3) is 0.800. The molecule has 0 rings (SSSR count). The van der Waals surface area contributed by atoms with Crippen molar-refractivity contribution in [2.75, 3.05) is 0 Å². The van der Waals surface area contributed by atoms with E-state index in [4.69, 9.17) is 5.73 Å². The Kier molecular flexibility index (Phi) is 10.8. The van der Waals surface area contributed by atoms with Gasteiger partial charge in [-0.2, -0.15) is 0 Å². The summed E-state index contributed by atoms with van der Waals surface area (Å²) in [4.78, 5) is 9.59. The summed E-state index contributed by atoms with van der Waals surface area (Å²) in [6.07, 6.45) is 1.27. The van der Waals surface area contributed by atoms with Crippen LogP contribution >= 0.6 is 0 Å². The SMILES string of the molecule is CCCC(N)OC=O.[Ag]. The van der Waals surface area contributed by atoms with Crippen LogP contribution in [-0.4, -0.2) is 12.7 Å². The Labute approximate surface area is 70.4 Å². The summed E-state index contributed by atoms with van der Waals surface area (Å²) in [5.74, 6) is 0. The molecule has 1 unspecified atom stereocenters. The molecule has 59 valence electrons. The second-order valence-electron chi connectivity index (χ2n) is 1.56. The van der Waals surface area contributed by atoms with Crippen LogP contribution in [0.2, 0.25) is 0 Å². The van der Waals surface area contributed by atoms with Crippen LogP contribution in [0.3, 0.4) is 0 Å². The van der Waals surface area contributed by atoms with Crippen LogP contribution in [-0.2, 0) is 31.9 Å². The minimum Gasteiger partial charge on any atom is -0.449 e. The smallest absolute Gasteiger partial charge is 0.294 e. The van der Waals surface area contributed by atoms with Crippen molar-refractivity contribution in [3.8, 4) is 0 Å². The van der Waals surface area contributed by atoms with E-state index in [0.717, 1.165) is 12.8 Å². The van der Waals surface area contributed by atoms with Gasteiger partial charge in [-0.15, -0.1) is 0 Å². The average molecular weight is 225 g/mol. The molecule has 9 heavy (non-hydrogen) atoms. The molecule has 0 saturated heterocycles. The molecular formula is C5H11AgNO2. The van der Waals surface area contributed by atoms with Gasteiger partial charge in [0.2, 0.25) is 0 Å². The summed E-state index contributed by atoms with van der Waals surface area (Å²) >= 11 is 0. The molecule has 1 atom stereocenters. The van der Waals surface area contributed by atoms with Crippen LogP contribution in [0, 0.1) is 0 Å². The number of carbonyl (C=O) groups is 1. The van der Waals surface area contributed by atoms with Gasteiger partial charge in [-0.1, -0.05) is 13.3 Å². The zero-order valence-electron chi connectivity index (χ0n) is 5.26. The van der Waals surface area contributed by atoms with Gasteiger partial charge in [-0.3, -0.25) is 10.5 Å². The average Bonchev–Trinajstić information content (AvgIpc) is 1.68. The first-order valence-electron chi connectivity index (χ1n) is 2.66. The third-order valence-corrected chi connectivity index (χ3v) is 0.804. The molecule has 2 N–H and O–H groups in total. The number of ether oxygens (including phenoxy) is 1. The molecule has 0 heterocycles. The Morgan fingerprint density at radius 3 is 2.67 bits per heavy atom. The zero-order valence-corrected chi connectivity index (χ0v) is 6.75. The first kappa shape index (κ1) is 11.9. The van der Waals surface area contributed by atoms with Crippen LogP contribution in [0.25, 0.3) is 0 Å². The van der Waals surface area contributed by atoms with Gasteiger partial charge in [0, 0.05) is 22.4 Å². The minimum absolute atomic E-state index is 0. The van der Waals surface area contributed by atoms with E-state index in [1.807, 2.05) is 6.92 Å². The molecule has 1 radical (unpaired) electrons. The summed E-state index contributed by atoms with van der Waals surface area (Å²) in [6.45, 7) is 2.36. The number of hydrogen-bond donors (Lipinski definition) is 1. The van der Waals surface area contributed by atoms with E-state index < -0.39 is 6.23 Å². The second-order valence-corrected chi connectivity index (χ2v) is 1.56. The molecule has 4 heteroatoms. The van der Waals surface area contributed by atoms with Crippen LogP contribution in [0.15, 0.2) is 0 Å². The van der Waals surface area contributed by atoms with Crippen molar-refractivity contribution in [2.45, 2.75) is 26.0 Å². The van der Waals surface area contributed by atoms with E-state index in [1.54, 1.807) is 0 Å². The topological polar surface area (TPSA) is 52.3 Å².